The molecule has 7 heteroatoms. The van der Waals surface area contributed by atoms with Crippen LogP contribution in [-0.4, -0.2) is 33.7 Å². The fraction of sp³-hybridized carbons (Fsp3) is 0.350. The van der Waals surface area contributed by atoms with Crippen LogP contribution in [0.15, 0.2) is 48.5 Å². The van der Waals surface area contributed by atoms with Gasteiger partial charge in [-0.2, -0.15) is 0 Å². The molecule has 0 radical (unpaired) electrons. The predicted molar refractivity (Wildman–Crippen MR) is 105 cm³/mol. The van der Waals surface area contributed by atoms with Crippen molar-refractivity contribution in [3.63, 3.8) is 0 Å². The number of nitrogens with zero attached hydrogens (tertiary/aromatic N) is 1. The van der Waals surface area contributed by atoms with Gasteiger partial charge >= 0.3 is 0 Å². The first kappa shape index (κ1) is 19.4. The molecular formula is C20H24N2O4S. The van der Waals surface area contributed by atoms with Gasteiger partial charge in [0.1, 0.15) is 5.75 Å². The number of carbonyl (C=O) groups is 1. The molecular weight excluding hydrogens is 364 g/mol. The van der Waals surface area contributed by atoms with Crippen molar-refractivity contribution in [2.75, 3.05) is 18.3 Å². The van der Waals surface area contributed by atoms with Gasteiger partial charge in [-0.25, -0.2) is 13.1 Å². The van der Waals surface area contributed by atoms with E-state index in [9.17, 15) is 13.2 Å². The third kappa shape index (κ3) is 4.48. The van der Waals surface area contributed by atoms with Crippen molar-refractivity contribution in [3.05, 3.63) is 59.7 Å². The summed E-state index contributed by atoms with van der Waals surface area (Å²) in [5.41, 5.74) is 2.76. The topological polar surface area (TPSA) is 75.7 Å². The first-order valence-electron chi connectivity index (χ1n) is 8.79. The maximum absolute atomic E-state index is 13.1. The van der Waals surface area contributed by atoms with Gasteiger partial charge in [0.2, 0.25) is 15.9 Å². The number of methoxy groups -OCH3 is 1. The average molecular weight is 388 g/mol. The number of fused-ring (bicyclic) bond motifs is 1. The summed E-state index contributed by atoms with van der Waals surface area (Å²) in [5, 5.41) is 0. The summed E-state index contributed by atoms with van der Waals surface area (Å²) in [4.78, 5) is 14.9. The number of anilines is 1. The highest BCUT2D eigenvalue weighted by Crippen LogP contribution is 2.33. The number of hydrogen-bond donors (Lipinski definition) is 1. The average Bonchev–Trinajstić information content (AvgIpc) is 2.96. The Hall–Kier alpha value is -2.38. The summed E-state index contributed by atoms with van der Waals surface area (Å²) in [6.07, 6.45) is 1.94. The highest BCUT2D eigenvalue weighted by atomic mass is 32.2. The molecule has 3 rings (SSSR count). The van der Waals surface area contributed by atoms with Crippen LogP contribution in [0.25, 0.3) is 0 Å². The number of sulfonamides is 1. The molecule has 1 heterocycles. The fourth-order valence-corrected chi connectivity index (χ4v) is 4.28. The van der Waals surface area contributed by atoms with E-state index in [2.05, 4.69) is 4.72 Å². The number of para-hydroxylation sites is 1. The van der Waals surface area contributed by atoms with Crippen LogP contribution in [0.2, 0.25) is 0 Å². The zero-order valence-corrected chi connectivity index (χ0v) is 16.5. The summed E-state index contributed by atoms with van der Waals surface area (Å²) in [6.45, 7) is 2.00. The fourth-order valence-electron chi connectivity index (χ4n) is 3.54. The molecule has 2 atom stereocenters. The van der Waals surface area contributed by atoms with E-state index in [-0.39, 0.29) is 18.4 Å². The lowest BCUT2D eigenvalue weighted by atomic mass is 10.0. The maximum Gasteiger partial charge on any atom is 0.229 e. The van der Waals surface area contributed by atoms with E-state index in [1.807, 2.05) is 31.2 Å². The molecule has 0 saturated carbocycles. The Morgan fingerprint density at radius 3 is 2.52 bits per heavy atom. The van der Waals surface area contributed by atoms with E-state index in [0.717, 1.165) is 29.5 Å². The Balaban J connectivity index is 1.86. The van der Waals surface area contributed by atoms with Gasteiger partial charge in [-0.3, -0.25) is 4.79 Å². The number of hydrogen-bond acceptors (Lipinski definition) is 4. The number of nitrogens with one attached hydrogen (secondary N) is 1. The monoisotopic (exact) mass is 388 g/mol. The molecule has 144 valence electrons. The van der Waals surface area contributed by atoms with Crippen LogP contribution in [0.5, 0.6) is 5.75 Å². The van der Waals surface area contributed by atoms with Gasteiger partial charge in [0, 0.05) is 18.2 Å². The van der Waals surface area contributed by atoms with Gasteiger partial charge in [0.05, 0.1) is 19.4 Å². The molecule has 27 heavy (non-hydrogen) atoms. The Kier molecular flexibility index (Phi) is 5.53. The molecule has 1 aliphatic heterocycles. The molecule has 2 unspecified atom stereocenters. The lowest BCUT2D eigenvalue weighted by Gasteiger charge is -2.26. The standard InChI is InChI=1S/C20H24N2O4S/c1-14-12-16-6-4-5-7-19(16)22(14)20(23)13-18(21-27(3,24)25)15-8-10-17(26-2)11-9-15/h4-11,14,18,21H,12-13H2,1-3H3. The van der Waals surface area contributed by atoms with Crippen LogP contribution >= 0.6 is 0 Å². The van der Waals surface area contributed by atoms with Crippen LogP contribution in [0.4, 0.5) is 5.69 Å². The summed E-state index contributed by atoms with van der Waals surface area (Å²) >= 11 is 0. The maximum atomic E-state index is 13.1. The summed E-state index contributed by atoms with van der Waals surface area (Å²) < 4.78 is 31.4. The Morgan fingerprint density at radius 2 is 1.89 bits per heavy atom. The van der Waals surface area contributed by atoms with Crippen molar-refractivity contribution in [3.8, 4) is 5.75 Å². The second-order valence-electron chi connectivity index (χ2n) is 6.87. The Bertz CT molecular complexity index is 925. The van der Waals surface area contributed by atoms with Crippen molar-refractivity contribution in [2.24, 2.45) is 0 Å². The summed E-state index contributed by atoms with van der Waals surface area (Å²) in [5.74, 6) is 0.565. The lowest BCUT2D eigenvalue weighted by Crippen LogP contribution is -2.39. The number of rotatable bonds is 6. The van der Waals surface area contributed by atoms with Gasteiger partial charge in [-0.15, -0.1) is 0 Å². The van der Waals surface area contributed by atoms with E-state index in [1.54, 1.807) is 36.3 Å². The summed E-state index contributed by atoms with van der Waals surface area (Å²) in [7, 11) is -1.92. The van der Waals surface area contributed by atoms with Gasteiger partial charge in [-0.1, -0.05) is 30.3 Å². The number of ether oxygens (including phenoxy) is 1. The van der Waals surface area contributed by atoms with Gasteiger partial charge < -0.3 is 9.64 Å². The highest BCUT2D eigenvalue weighted by molar-refractivity contribution is 7.88. The number of carbonyl (C=O) groups excluding carboxylic acids is 1. The Morgan fingerprint density at radius 1 is 1.22 bits per heavy atom. The predicted octanol–water partition coefficient (Wildman–Crippen LogP) is 2.65. The smallest absolute Gasteiger partial charge is 0.229 e. The molecule has 1 amide bonds. The zero-order valence-electron chi connectivity index (χ0n) is 15.7. The molecule has 6 nitrogen and oxygen atoms in total. The quantitative estimate of drug-likeness (QED) is 0.825. The summed E-state index contributed by atoms with van der Waals surface area (Å²) in [6, 6.07) is 14.3. The molecule has 0 bridgehead atoms. The minimum absolute atomic E-state index is 0.0398. The molecule has 0 aliphatic carbocycles. The van der Waals surface area contributed by atoms with Crippen molar-refractivity contribution in [1.29, 1.82) is 0 Å². The molecule has 1 N–H and O–H groups in total. The first-order chi connectivity index (χ1) is 12.8. The Labute approximate surface area is 160 Å². The number of benzene rings is 2. The largest absolute Gasteiger partial charge is 0.497 e. The van der Waals surface area contributed by atoms with Crippen molar-refractivity contribution in [2.45, 2.75) is 31.8 Å². The van der Waals surface area contributed by atoms with Crippen molar-refractivity contribution in [1.82, 2.24) is 4.72 Å². The van der Waals surface area contributed by atoms with Crippen LogP contribution in [0.1, 0.15) is 30.5 Å². The zero-order chi connectivity index (χ0) is 19.6. The molecule has 2 aromatic rings. The van der Waals surface area contributed by atoms with Crippen LogP contribution in [-0.2, 0) is 21.2 Å². The van der Waals surface area contributed by atoms with E-state index < -0.39 is 16.1 Å². The minimum Gasteiger partial charge on any atom is -0.497 e. The van der Waals surface area contributed by atoms with Gasteiger partial charge in [0.25, 0.3) is 0 Å². The van der Waals surface area contributed by atoms with Gasteiger partial charge in [-0.05, 0) is 42.7 Å². The molecule has 0 spiro atoms. The van der Waals surface area contributed by atoms with Gasteiger partial charge in [0.15, 0.2) is 0 Å². The second-order valence-corrected chi connectivity index (χ2v) is 8.65. The third-order valence-corrected chi connectivity index (χ3v) is 5.44. The molecule has 2 aromatic carbocycles. The third-order valence-electron chi connectivity index (χ3n) is 4.73. The number of amides is 1. The van der Waals surface area contributed by atoms with E-state index in [0.29, 0.717) is 5.75 Å². The first-order valence-corrected chi connectivity index (χ1v) is 10.7. The SMILES string of the molecule is COc1ccc(C(CC(=O)N2c3ccccc3CC2C)NS(C)(=O)=O)cc1. The van der Waals surface area contributed by atoms with Crippen LogP contribution in [0.3, 0.4) is 0 Å². The van der Waals surface area contributed by atoms with Crippen molar-refractivity contribution < 1.29 is 17.9 Å². The molecule has 1 aliphatic rings. The minimum atomic E-state index is -3.48. The second kappa shape index (κ2) is 7.70. The molecule has 0 saturated heterocycles. The van der Waals surface area contributed by atoms with Crippen LogP contribution < -0.4 is 14.4 Å². The van der Waals surface area contributed by atoms with Crippen LogP contribution in [0, 0.1) is 0 Å². The molecule has 0 fully saturated rings. The van der Waals surface area contributed by atoms with E-state index >= 15 is 0 Å². The lowest BCUT2D eigenvalue weighted by molar-refractivity contribution is -0.119. The molecule has 0 aromatic heterocycles. The normalized spacial score (nSPS) is 17.4. The van der Waals surface area contributed by atoms with E-state index in [1.165, 1.54) is 0 Å². The highest BCUT2D eigenvalue weighted by Gasteiger charge is 2.32. The van der Waals surface area contributed by atoms with Crippen molar-refractivity contribution >= 4 is 21.6 Å². The van der Waals surface area contributed by atoms with E-state index in [4.69, 9.17) is 4.74 Å².